The van der Waals surface area contributed by atoms with Crippen LogP contribution >= 0.6 is 23.2 Å². The first-order chi connectivity index (χ1) is 11.5. The lowest BCUT2D eigenvalue weighted by Crippen LogP contribution is -2.42. The van der Waals surface area contributed by atoms with E-state index in [0.717, 1.165) is 11.8 Å². The van der Waals surface area contributed by atoms with Crippen molar-refractivity contribution in [1.29, 1.82) is 0 Å². The predicted molar refractivity (Wildman–Crippen MR) is 93.3 cm³/mol. The van der Waals surface area contributed by atoms with E-state index in [1.807, 2.05) is 6.92 Å². The molecule has 2 fully saturated rings. The van der Waals surface area contributed by atoms with Crippen LogP contribution in [0.1, 0.15) is 43.0 Å². The van der Waals surface area contributed by atoms with E-state index >= 15 is 0 Å². The van der Waals surface area contributed by atoms with Crippen molar-refractivity contribution in [2.45, 2.75) is 38.6 Å². The molecule has 4 atom stereocenters. The molecule has 0 aromatic heterocycles. The number of hydrogen-bond donors (Lipinski definition) is 1. The molecule has 4 nitrogen and oxygen atoms in total. The predicted octanol–water partition coefficient (Wildman–Crippen LogP) is 4.09. The molecule has 6 heteroatoms. The fourth-order valence-electron chi connectivity index (χ4n) is 4.21. The summed E-state index contributed by atoms with van der Waals surface area (Å²) in [6.45, 7) is 1.71. The Morgan fingerprint density at radius 3 is 2.54 bits per heavy atom. The Morgan fingerprint density at radius 1 is 1.25 bits per heavy atom. The van der Waals surface area contributed by atoms with Gasteiger partial charge in [-0.1, -0.05) is 35.7 Å². The zero-order valence-corrected chi connectivity index (χ0v) is 15.1. The fourth-order valence-corrected chi connectivity index (χ4v) is 4.76. The number of amides is 1. The van der Waals surface area contributed by atoms with Crippen molar-refractivity contribution in [3.05, 3.63) is 33.8 Å². The van der Waals surface area contributed by atoms with E-state index in [1.54, 1.807) is 18.2 Å². The van der Waals surface area contributed by atoms with E-state index in [-0.39, 0.29) is 34.2 Å². The van der Waals surface area contributed by atoms with Crippen LogP contribution in [-0.4, -0.2) is 24.5 Å². The molecule has 2 aliphatic carbocycles. The molecule has 1 aromatic rings. The zero-order valence-electron chi connectivity index (χ0n) is 13.6. The van der Waals surface area contributed by atoms with Crippen LogP contribution in [0.3, 0.4) is 0 Å². The maximum Gasteiger partial charge on any atom is 0.341 e. The number of nitrogens with one attached hydrogen (secondary N) is 1. The summed E-state index contributed by atoms with van der Waals surface area (Å²) in [5.41, 5.74) is 0.0924. The Bertz CT molecular complexity index is 629. The third-order valence-corrected chi connectivity index (χ3v) is 5.95. The van der Waals surface area contributed by atoms with Gasteiger partial charge in [0.1, 0.15) is 0 Å². The Kier molecular flexibility index (Phi) is 5.36. The topological polar surface area (TPSA) is 55.4 Å². The molecule has 0 unspecified atom stereocenters. The second-order valence-corrected chi connectivity index (χ2v) is 7.68. The lowest BCUT2D eigenvalue weighted by atomic mass is 9.84. The van der Waals surface area contributed by atoms with Crippen molar-refractivity contribution in [2.75, 3.05) is 6.61 Å². The van der Waals surface area contributed by atoms with Gasteiger partial charge < -0.3 is 10.1 Å². The Labute approximate surface area is 151 Å². The number of esters is 1. The molecular weight excluding hydrogens is 349 g/mol. The Balaban J connectivity index is 1.49. The fraction of sp³-hybridized carbons (Fsp3) is 0.556. The number of fused-ring (bicyclic) bond motifs is 2. The number of benzene rings is 1. The summed E-state index contributed by atoms with van der Waals surface area (Å²) in [7, 11) is 0. The molecule has 0 aliphatic heterocycles. The summed E-state index contributed by atoms with van der Waals surface area (Å²) in [5, 5.41) is 3.38. The molecule has 0 heterocycles. The number of ether oxygens (including phenoxy) is 1. The number of carbonyl (C=O) groups is 2. The first-order valence-electron chi connectivity index (χ1n) is 8.36. The summed E-state index contributed by atoms with van der Waals surface area (Å²) in [6, 6.07) is 4.86. The van der Waals surface area contributed by atoms with Crippen LogP contribution in [-0.2, 0) is 9.53 Å². The highest BCUT2D eigenvalue weighted by Gasteiger charge is 2.42. The second kappa shape index (κ2) is 7.32. The quantitative estimate of drug-likeness (QED) is 0.795. The van der Waals surface area contributed by atoms with E-state index in [4.69, 9.17) is 27.9 Å². The van der Waals surface area contributed by atoms with Gasteiger partial charge in [-0.25, -0.2) is 4.79 Å². The van der Waals surface area contributed by atoms with E-state index in [1.165, 1.54) is 25.7 Å². The highest BCUT2D eigenvalue weighted by Crippen LogP contribution is 2.49. The second-order valence-electron chi connectivity index (χ2n) is 6.87. The lowest BCUT2D eigenvalue weighted by Gasteiger charge is -2.28. The summed E-state index contributed by atoms with van der Waals surface area (Å²) < 4.78 is 5.06. The van der Waals surface area contributed by atoms with Crippen molar-refractivity contribution >= 4 is 35.1 Å². The molecule has 1 aromatic carbocycles. The number of rotatable bonds is 5. The smallest absolute Gasteiger partial charge is 0.341 e. The van der Waals surface area contributed by atoms with Gasteiger partial charge in [0.25, 0.3) is 5.91 Å². The average molecular weight is 370 g/mol. The molecule has 2 bridgehead atoms. The van der Waals surface area contributed by atoms with Gasteiger partial charge in [0.05, 0.1) is 15.6 Å². The van der Waals surface area contributed by atoms with Crippen molar-refractivity contribution in [1.82, 2.24) is 5.32 Å². The maximum atomic E-state index is 12.1. The van der Waals surface area contributed by atoms with Crippen LogP contribution < -0.4 is 5.32 Å². The summed E-state index contributed by atoms with van der Waals surface area (Å²) in [6.07, 6.45) is 5.10. The lowest BCUT2D eigenvalue weighted by molar-refractivity contribution is -0.125. The first kappa shape index (κ1) is 17.6. The van der Waals surface area contributed by atoms with Gasteiger partial charge in [0.2, 0.25) is 0 Å². The molecule has 0 saturated heterocycles. The van der Waals surface area contributed by atoms with Crippen molar-refractivity contribution in [3.63, 3.8) is 0 Å². The normalized spacial score (nSPS) is 26.2. The zero-order chi connectivity index (χ0) is 17.3. The van der Waals surface area contributed by atoms with Crippen LogP contribution in [0.25, 0.3) is 0 Å². The Hall–Kier alpha value is -1.26. The number of hydrogen-bond acceptors (Lipinski definition) is 3. The molecule has 0 spiro atoms. The standard InChI is InChI=1S/C18H21Cl2NO3/c1-10(13-8-11-5-6-12(13)7-11)21-16(22)9-24-18(23)17-14(19)3-2-4-15(17)20/h2-4,10-13H,5-9H2,1H3,(H,21,22)/t10-,11-,12-,13+/m0/s1. The molecule has 2 aliphatic rings. The van der Waals surface area contributed by atoms with Gasteiger partial charge in [0, 0.05) is 6.04 Å². The summed E-state index contributed by atoms with van der Waals surface area (Å²) in [5.74, 6) is 1.13. The minimum absolute atomic E-state index is 0.0924. The summed E-state index contributed by atoms with van der Waals surface area (Å²) >= 11 is 11.9. The SMILES string of the molecule is C[C@H](NC(=O)COC(=O)c1c(Cl)cccc1Cl)[C@H]1C[C@H]2CC[C@H]1C2. The van der Waals surface area contributed by atoms with Crippen LogP contribution in [0.4, 0.5) is 0 Å². The van der Waals surface area contributed by atoms with Crippen molar-refractivity contribution in [3.8, 4) is 0 Å². The Morgan fingerprint density at radius 2 is 1.96 bits per heavy atom. The number of carbonyl (C=O) groups excluding carboxylic acids is 2. The highest BCUT2D eigenvalue weighted by molar-refractivity contribution is 6.39. The minimum atomic E-state index is -0.687. The van der Waals surface area contributed by atoms with Crippen LogP contribution in [0.15, 0.2) is 18.2 Å². The van der Waals surface area contributed by atoms with E-state index in [2.05, 4.69) is 5.32 Å². The third kappa shape index (κ3) is 3.70. The molecule has 24 heavy (non-hydrogen) atoms. The van der Waals surface area contributed by atoms with E-state index in [0.29, 0.717) is 5.92 Å². The molecular formula is C18H21Cl2NO3. The van der Waals surface area contributed by atoms with Gasteiger partial charge in [-0.15, -0.1) is 0 Å². The van der Waals surface area contributed by atoms with E-state index in [9.17, 15) is 9.59 Å². The molecule has 1 N–H and O–H groups in total. The van der Waals surface area contributed by atoms with Gasteiger partial charge in [-0.2, -0.15) is 0 Å². The maximum absolute atomic E-state index is 12.1. The van der Waals surface area contributed by atoms with Crippen LogP contribution in [0.2, 0.25) is 10.0 Å². The molecule has 0 radical (unpaired) electrons. The van der Waals surface area contributed by atoms with Crippen LogP contribution in [0, 0.1) is 17.8 Å². The molecule has 3 rings (SSSR count). The van der Waals surface area contributed by atoms with Gasteiger partial charge in [0.15, 0.2) is 6.61 Å². The number of halogens is 2. The molecule has 130 valence electrons. The van der Waals surface area contributed by atoms with Crippen LogP contribution in [0.5, 0.6) is 0 Å². The van der Waals surface area contributed by atoms with Crippen molar-refractivity contribution in [2.24, 2.45) is 17.8 Å². The first-order valence-corrected chi connectivity index (χ1v) is 9.11. The minimum Gasteiger partial charge on any atom is -0.452 e. The van der Waals surface area contributed by atoms with Gasteiger partial charge in [-0.05, 0) is 56.1 Å². The average Bonchev–Trinajstić information content (AvgIpc) is 3.15. The van der Waals surface area contributed by atoms with Gasteiger partial charge in [-0.3, -0.25) is 4.79 Å². The summed E-state index contributed by atoms with van der Waals surface area (Å²) in [4.78, 5) is 24.1. The highest BCUT2D eigenvalue weighted by atomic mass is 35.5. The monoisotopic (exact) mass is 369 g/mol. The molecule has 1 amide bonds. The third-order valence-electron chi connectivity index (χ3n) is 5.32. The largest absolute Gasteiger partial charge is 0.452 e. The van der Waals surface area contributed by atoms with E-state index < -0.39 is 5.97 Å². The van der Waals surface area contributed by atoms with Gasteiger partial charge >= 0.3 is 5.97 Å². The molecule has 2 saturated carbocycles. The van der Waals surface area contributed by atoms with Crippen molar-refractivity contribution < 1.29 is 14.3 Å².